The van der Waals surface area contributed by atoms with Gasteiger partial charge >= 0.3 is 6.09 Å². The van der Waals surface area contributed by atoms with Gasteiger partial charge in [-0.15, -0.1) is 0 Å². The molecule has 0 spiro atoms. The number of hydrogen-bond acceptors (Lipinski definition) is 4. The monoisotopic (exact) mass is 256 g/mol. The molecule has 0 radical (unpaired) electrons. The number of aliphatic hydroxyl groups excluding tert-OH is 1. The van der Waals surface area contributed by atoms with Crippen molar-refractivity contribution in [3.8, 4) is 0 Å². The van der Waals surface area contributed by atoms with Crippen molar-refractivity contribution in [3.05, 3.63) is 0 Å². The van der Waals surface area contributed by atoms with Gasteiger partial charge in [-0.05, 0) is 20.8 Å². The van der Waals surface area contributed by atoms with Crippen LogP contribution in [0.25, 0.3) is 0 Å². The largest absolute Gasteiger partial charge is 0.444 e. The topological polar surface area (TPSA) is 78.9 Å². The molecular weight excluding hydrogens is 236 g/mol. The fourth-order valence-electron chi connectivity index (χ4n) is 2.46. The molecule has 2 aliphatic rings. The standard InChI is InChI=1S/C12H20N2O4/c1-12(2,3)18-11(17)14-5-7-8(6-14)10(16)13-4-9(7)15/h7-9,15H,4-6H2,1-3H3,(H,13,16)/t7-,8+,9-/m1/s1. The lowest BCUT2D eigenvalue weighted by Gasteiger charge is -2.28. The minimum absolute atomic E-state index is 0.0867. The summed E-state index contributed by atoms with van der Waals surface area (Å²) in [5.74, 6) is -0.580. The first-order chi connectivity index (χ1) is 8.28. The predicted octanol–water partition coefficient (Wildman–Crippen LogP) is -0.0398. The molecule has 18 heavy (non-hydrogen) atoms. The summed E-state index contributed by atoms with van der Waals surface area (Å²) in [6.45, 7) is 6.37. The average molecular weight is 256 g/mol. The molecule has 0 aromatic rings. The Morgan fingerprint density at radius 2 is 2.11 bits per heavy atom. The number of rotatable bonds is 0. The van der Waals surface area contributed by atoms with E-state index in [-0.39, 0.29) is 24.3 Å². The van der Waals surface area contributed by atoms with Crippen LogP contribution in [0.4, 0.5) is 4.79 Å². The van der Waals surface area contributed by atoms with Crippen molar-refractivity contribution in [1.29, 1.82) is 0 Å². The van der Waals surface area contributed by atoms with Crippen LogP contribution in [-0.4, -0.2) is 53.3 Å². The Hall–Kier alpha value is -1.30. The van der Waals surface area contributed by atoms with Crippen molar-refractivity contribution in [2.75, 3.05) is 19.6 Å². The molecule has 3 atom stereocenters. The molecule has 0 saturated carbocycles. The van der Waals surface area contributed by atoms with Crippen LogP contribution in [0.2, 0.25) is 0 Å². The van der Waals surface area contributed by atoms with Gasteiger partial charge in [-0.1, -0.05) is 0 Å². The van der Waals surface area contributed by atoms with Crippen molar-refractivity contribution in [2.24, 2.45) is 11.8 Å². The number of nitrogens with zero attached hydrogens (tertiary/aromatic N) is 1. The second kappa shape index (κ2) is 4.42. The Morgan fingerprint density at radius 1 is 1.44 bits per heavy atom. The maximum atomic E-state index is 11.9. The summed E-state index contributed by atoms with van der Waals surface area (Å²) >= 11 is 0. The van der Waals surface area contributed by atoms with Crippen LogP contribution >= 0.6 is 0 Å². The first-order valence-electron chi connectivity index (χ1n) is 6.21. The number of carbonyl (C=O) groups excluding carboxylic acids is 2. The highest BCUT2D eigenvalue weighted by Gasteiger charge is 2.46. The van der Waals surface area contributed by atoms with E-state index in [9.17, 15) is 14.7 Å². The first kappa shape index (κ1) is 13.1. The van der Waals surface area contributed by atoms with Crippen LogP contribution in [0.15, 0.2) is 0 Å². The molecule has 0 bridgehead atoms. The lowest BCUT2D eigenvalue weighted by molar-refractivity contribution is -0.130. The molecule has 0 aromatic heterocycles. The summed E-state index contributed by atoms with van der Waals surface area (Å²) in [6, 6.07) is 0. The highest BCUT2D eigenvalue weighted by atomic mass is 16.6. The SMILES string of the molecule is CC(C)(C)OC(=O)N1C[C@H]2[C@H](O)CNC(=O)[C@H]2C1. The summed E-state index contributed by atoms with van der Waals surface area (Å²) in [7, 11) is 0. The molecule has 2 N–H and O–H groups in total. The zero-order chi connectivity index (χ0) is 13.5. The fraction of sp³-hybridized carbons (Fsp3) is 0.833. The van der Waals surface area contributed by atoms with Gasteiger partial charge in [-0.3, -0.25) is 4.79 Å². The van der Waals surface area contributed by atoms with E-state index in [1.807, 2.05) is 0 Å². The molecule has 2 fully saturated rings. The summed E-state index contributed by atoms with van der Waals surface area (Å²) in [6.07, 6.45) is -1.00. The van der Waals surface area contributed by atoms with Crippen LogP contribution in [0.5, 0.6) is 0 Å². The van der Waals surface area contributed by atoms with Gasteiger partial charge in [0.1, 0.15) is 5.60 Å². The maximum Gasteiger partial charge on any atom is 0.410 e. The lowest BCUT2D eigenvalue weighted by atomic mass is 9.87. The third-order valence-corrected chi connectivity index (χ3v) is 3.33. The van der Waals surface area contributed by atoms with Crippen molar-refractivity contribution >= 4 is 12.0 Å². The van der Waals surface area contributed by atoms with Gasteiger partial charge in [0.2, 0.25) is 5.91 Å². The number of piperidine rings is 1. The van der Waals surface area contributed by atoms with Crippen molar-refractivity contribution < 1.29 is 19.4 Å². The summed E-state index contributed by atoms with van der Waals surface area (Å²) in [5.41, 5.74) is -0.550. The number of hydrogen-bond donors (Lipinski definition) is 2. The van der Waals surface area contributed by atoms with Gasteiger partial charge in [0.25, 0.3) is 0 Å². The molecule has 2 amide bonds. The number of carbonyl (C=O) groups is 2. The molecule has 0 unspecified atom stereocenters. The van der Waals surface area contributed by atoms with Gasteiger partial charge in [0.05, 0.1) is 12.0 Å². The van der Waals surface area contributed by atoms with E-state index in [0.717, 1.165) is 0 Å². The molecule has 2 heterocycles. The van der Waals surface area contributed by atoms with Gasteiger partial charge in [0, 0.05) is 25.6 Å². The fourth-order valence-corrected chi connectivity index (χ4v) is 2.46. The third-order valence-electron chi connectivity index (χ3n) is 3.33. The minimum atomic E-state index is -0.583. The molecule has 102 valence electrons. The zero-order valence-electron chi connectivity index (χ0n) is 11.0. The highest BCUT2D eigenvalue weighted by Crippen LogP contribution is 2.30. The molecule has 6 heteroatoms. The number of likely N-dealkylation sites (tertiary alicyclic amines) is 1. The average Bonchev–Trinajstić information content (AvgIpc) is 2.67. The van der Waals surface area contributed by atoms with Crippen molar-refractivity contribution in [2.45, 2.75) is 32.5 Å². The second-order valence-electron chi connectivity index (χ2n) is 5.97. The molecular formula is C12H20N2O4. The Morgan fingerprint density at radius 3 is 2.67 bits per heavy atom. The third kappa shape index (κ3) is 2.58. The summed E-state index contributed by atoms with van der Waals surface area (Å²) in [4.78, 5) is 25.1. The van der Waals surface area contributed by atoms with E-state index in [0.29, 0.717) is 13.1 Å². The summed E-state index contributed by atoms with van der Waals surface area (Å²) in [5, 5.41) is 12.5. The predicted molar refractivity (Wildman–Crippen MR) is 63.8 cm³/mol. The van der Waals surface area contributed by atoms with Crippen LogP contribution in [0.3, 0.4) is 0 Å². The Bertz CT molecular complexity index is 364. The lowest BCUT2D eigenvalue weighted by Crippen LogP contribution is -2.50. The smallest absolute Gasteiger partial charge is 0.410 e. The number of aliphatic hydroxyl groups is 1. The van der Waals surface area contributed by atoms with E-state index in [1.165, 1.54) is 4.90 Å². The first-order valence-corrected chi connectivity index (χ1v) is 6.21. The molecule has 0 aromatic carbocycles. The molecule has 2 rings (SSSR count). The van der Waals surface area contributed by atoms with Crippen LogP contribution in [0.1, 0.15) is 20.8 Å². The highest BCUT2D eigenvalue weighted by molar-refractivity contribution is 5.82. The minimum Gasteiger partial charge on any atom is -0.444 e. The van der Waals surface area contributed by atoms with Gasteiger partial charge in [-0.25, -0.2) is 4.79 Å². The number of nitrogens with one attached hydrogen (secondary N) is 1. The van der Waals surface area contributed by atoms with Crippen molar-refractivity contribution in [3.63, 3.8) is 0 Å². The van der Waals surface area contributed by atoms with Gasteiger partial charge in [-0.2, -0.15) is 0 Å². The van der Waals surface area contributed by atoms with E-state index in [4.69, 9.17) is 4.74 Å². The zero-order valence-corrected chi connectivity index (χ0v) is 11.0. The Kier molecular flexibility index (Phi) is 3.23. The van der Waals surface area contributed by atoms with E-state index < -0.39 is 17.8 Å². The van der Waals surface area contributed by atoms with Crippen molar-refractivity contribution in [1.82, 2.24) is 10.2 Å². The number of ether oxygens (including phenoxy) is 1. The summed E-state index contributed by atoms with van der Waals surface area (Å²) < 4.78 is 5.27. The Labute approximate surface area is 106 Å². The normalized spacial score (nSPS) is 31.9. The molecule has 6 nitrogen and oxygen atoms in total. The molecule has 0 aliphatic carbocycles. The number of amides is 2. The second-order valence-corrected chi connectivity index (χ2v) is 5.97. The maximum absolute atomic E-state index is 11.9. The van der Waals surface area contributed by atoms with Crippen LogP contribution in [0, 0.1) is 11.8 Å². The quantitative estimate of drug-likeness (QED) is 0.637. The number of β-amino-alcohol motifs (C(OH)–C–C–N with tert-alkyl or cyclic N) is 1. The Balaban J connectivity index is 2.02. The molecule has 2 saturated heterocycles. The van der Waals surface area contributed by atoms with Crippen LogP contribution < -0.4 is 5.32 Å². The van der Waals surface area contributed by atoms with E-state index >= 15 is 0 Å². The number of fused-ring (bicyclic) bond motifs is 1. The van der Waals surface area contributed by atoms with Gasteiger partial charge in [0.15, 0.2) is 0 Å². The van der Waals surface area contributed by atoms with E-state index in [1.54, 1.807) is 20.8 Å². The molecule has 2 aliphatic heterocycles. The van der Waals surface area contributed by atoms with Crippen LogP contribution in [-0.2, 0) is 9.53 Å². The van der Waals surface area contributed by atoms with Gasteiger partial charge < -0.3 is 20.1 Å². The van der Waals surface area contributed by atoms with E-state index in [2.05, 4.69) is 5.32 Å².